The van der Waals surface area contributed by atoms with Crippen molar-refractivity contribution in [3.8, 4) is 0 Å². The molecule has 0 aliphatic carbocycles. The van der Waals surface area contributed by atoms with Gasteiger partial charge in [0.1, 0.15) is 0 Å². The average molecular weight is 196 g/mol. The van der Waals surface area contributed by atoms with Gasteiger partial charge in [-0.25, -0.2) is 9.37 Å². The van der Waals surface area contributed by atoms with Gasteiger partial charge in [0.25, 0.3) is 0 Å². The Morgan fingerprint density at radius 2 is 2.43 bits per heavy atom. The Kier molecular flexibility index (Phi) is 3.59. The molecule has 1 N–H and O–H groups in total. The zero-order valence-electron chi connectivity index (χ0n) is 8.07. The molecule has 0 spiro atoms. The number of aliphatic hydroxyl groups is 1. The first-order valence-corrected chi connectivity index (χ1v) is 4.27. The summed E-state index contributed by atoms with van der Waals surface area (Å²) in [5.41, 5.74) is 0.255. The van der Waals surface area contributed by atoms with Crippen LogP contribution in [0, 0.1) is 5.82 Å². The number of pyridine rings is 1. The van der Waals surface area contributed by atoms with Crippen molar-refractivity contribution in [3.05, 3.63) is 36.3 Å². The highest BCUT2D eigenvalue weighted by Crippen LogP contribution is 2.17. The third-order valence-corrected chi connectivity index (χ3v) is 1.89. The Balaban J connectivity index is 3.02. The summed E-state index contributed by atoms with van der Waals surface area (Å²) in [5, 5.41) is 8.85. The zero-order chi connectivity index (χ0) is 10.6. The van der Waals surface area contributed by atoms with Crippen LogP contribution < -0.4 is 4.90 Å². The first-order valence-electron chi connectivity index (χ1n) is 4.27. The summed E-state index contributed by atoms with van der Waals surface area (Å²) >= 11 is 0. The Morgan fingerprint density at radius 1 is 1.71 bits per heavy atom. The van der Waals surface area contributed by atoms with Crippen LogP contribution >= 0.6 is 0 Å². The molecule has 1 aromatic rings. The molecular formula is C10H13FN2O. The summed E-state index contributed by atoms with van der Waals surface area (Å²) in [4.78, 5) is 5.52. The summed E-state index contributed by atoms with van der Waals surface area (Å²) in [7, 11) is 1.72. The Labute approximate surface area is 82.5 Å². The van der Waals surface area contributed by atoms with Gasteiger partial charge in [0, 0.05) is 25.4 Å². The first-order chi connectivity index (χ1) is 6.70. The molecule has 0 aromatic carbocycles. The average Bonchev–Trinajstić information content (AvgIpc) is 2.18. The maximum absolute atomic E-state index is 13.5. The highest BCUT2D eigenvalue weighted by Gasteiger charge is 2.11. The second-order valence-electron chi connectivity index (χ2n) is 2.93. The zero-order valence-corrected chi connectivity index (χ0v) is 8.07. The van der Waals surface area contributed by atoms with Crippen molar-refractivity contribution in [2.75, 3.05) is 18.5 Å². The topological polar surface area (TPSA) is 36.4 Å². The predicted octanol–water partition coefficient (Wildman–Crippen LogP) is 1.34. The van der Waals surface area contributed by atoms with Crippen LogP contribution in [0.15, 0.2) is 24.9 Å². The third kappa shape index (κ3) is 2.09. The van der Waals surface area contributed by atoms with E-state index in [-0.39, 0.29) is 18.0 Å². The lowest BCUT2D eigenvalue weighted by atomic mass is 10.2. The fraction of sp³-hybridized carbons (Fsp3) is 0.300. The van der Waals surface area contributed by atoms with Gasteiger partial charge in [-0.2, -0.15) is 0 Å². The molecule has 1 heterocycles. The van der Waals surface area contributed by atoms with Gasteiger partial charge in [-0.1, -0.05) is 6.08 Å². The maximum atomic E-state index is 13.5. The number of aliphatic hydroxyl groups excluding tert-OH is 1. The monoisotopic (exact) mass is 196 g/mol. The normalized spacial score (nSPS) is 9.93. The molecule has 76 valence electrons. The van der Waals surface area contributed by atoms with Crippen molar-refractivity contribution in [2.45, 2.75) is 6.61 Å². The molecule has 0 amide bonds. The molecule has 1 aromatic heterocycles. The molecule has 1 rings (SSSR count). The van der Waals surface area contributed by atoms with E-state index in [2.05, 4.69) is 11.6 Å². The highest BCUT2D eigenvalue weighted by molar-refractivity contribution is 5.42. The number of rotatable bonds is 4. The van der Waals surface area contributed by atoms with Crippen molar-refractivity contribution < 1.29 is 9.50 Å². The molecule has 4 heteroatoms. The number of halogens is 1. The van der Waals surface area contributed by atoms with E-state index >= 15 is 0 Å². The molecule has 0 aliphatic rings. The summed E-state index contributed by atoms with van der Waals surface area (Å²) in [6.07, 6.45) is 3.14. The van der Waals surface area contributed by atoms with E-state index in [9.17, 15) is 4.39 Å². The smallest absolute Gasteiger partial charge is 0.171 e. The van der Waals surface area contributed by atoms with Crippen LogP contribution in [0.4, 0.5) is 10.2 Å². The van der Waals surface area contributed by atoms with Crippen LogP contribution in [0.5, 0.6) is 0 Å². The second-order valence-corrected chi connectivity index (χ2v) is 2.93. The van der Waals surface area contributed by atoms with E-state index < -0.39 is 5.82 Å². The highest BCUT2D eigenvalue weighted by atomic mass is 19.1. The number of likely N-dealkylation sites (N-methyl/N-ethyl adjacent to an activating group) is 1. The lowest BCUT2D eigenvalue weighted by Crippen LogP contribution is -2.20. The van der Waals surface area contributed by atoms with Gasteiger partial charge in [-0.15, -0.1) is 6.58 Å². The second kappa shape index (κ2) is 4.72. The number of hydrogen-bond donors (Lipinski definition) is 1. The summed E-state index contributed by atoms with van der Waals surface area (Å²) in [6, 6.07) is 1.46. The molecule has 0 radical (unpaired) electrons. The molecule has 0 saturated heterocycles. The maximum Gasteiger partial charge on any atom is 0.171 e. The first kappa shape index (κ1) is 10.7. The van der Waals surface area contributed by atoms with Gasteiger partial charge >= 0.3 is 0 Å². The molecule has 14 heavy (non-hydrogen) atoms. The third-order valence-electron chi connectivity index (χ3n) is 1.89. The molecule has 0 fully saturated rings. The fourth-order valence-corrected chi connectivity index (χ4v) is 1.14. The van der Waals surface area contributed by atoms with E-state index in [1.54, 1.807) is 18.0 Å². The molecule has 0 unspecified atom stereocenters. The van der Waals surface area contributed by atoms with Crippen molar-refractivity contribution in [1.29, 1.82) is 0 Å². The minimum atomic E-state index is -0.473. The number of nitrogens with zero attached hydrogens (tertiary/aromatic N) is 2. The van der Waals surface area contributed by atoms with Gasteiger partial charge < -0.3 is 10.0 Å². The SMILES string of the molecule is C=CCN(C)c1nccc(CO)c1F. The van der Waals surface area contributed by atoms with Gasteiger partial charge in [-0.3, -0.25) is 0 Å². The summed E-state index contributed by atoms with van der Waals surface area (Å²) in [5.74, 6) is -0.240. The quantitative estimate of drug-likeness (QED) is 0.738. The van der Waals surface area contributed by atoms with Crippen molar-refractivity contribution in [1.82, 2.24) is 4.98 Å². The van der Waals surface area contributed by atoms with Crippen LogP contribution in [0.1, 0.15) is 5.56 Å². The molecule has 0 saturated carbocycles. The van der Waals surface area contributed by atoms with E-state index in [0.717, 1.165) is 0 Å². The molecule has 0 bridgehead atoms. The predicted molar refractivity (Wildman–Crippen MR) is 53.6 cm³/mol. The van der Waals surface area contributed by atoms with Crippen LogP contribution in [-0.4, -0.2) is 23.7 Å². The van der Waals surface area contributed by atoms with E-state index in [1.165, 1.54) is 12.3 Å². The van der Waals surface area contributed by atoms with Gasteiger partial charge in [0.15, 0.2) is 11.6 Å². The van der Waals surface area contributed by atoms with Crippen LogP contribution in [0.2, 0.25) is 0 Å². The molecule has 0 aliphatic heterocycles. The number of anilines is 1. The number of aromatic nitrogens is 1. The van der Waals surface area contributed by atoms with Crippen LogP contribution in [-0.2, 0) is 6.61 Å². The minimum Gasteiger partial charge on any atom is -0.392 e. The van der Waals surface area contributed by atoms with Gasteiger partial charge in [0.2, 0.25) is 0 Å². The van der Waals surface area contributed by atoms with E-state index in [4.69, 9.17) is 5.11 Å². The van der Waals surface area contributed by atoms with Crippen LogP contribution in [0.3, 0.4) is 0 Å². The lowest BCUT2D eigenvalue weighted by Gasteiger charge is -2.17. The van der Waals surface area contributed by atoms with Crippen molar-refractivity contribution in [3.63, 3.8) is 0 Å². The molecule has 0 atom stereocenters. The molecule has 3 nitrogen and oxygen atoms in total. The Morgan fingerprint density at radius 3 is 3.00 bits per heavy atom. The number of hydrogen-bond acceptors (Lipinski definition) is 3. The summed E-state index contributed by atoms with van der Waals surface area (Å²) in [6.45, 7) is 3.75. The summed E-state index contributed by atoms with van der Waals surface area (Å²) < 4.78 is 13.5. The van der Waals surface area contributed by atoms with Gasteiger partial charge in [0.05, 0.1) is 6.61 Å². The van der Waals surface area contributed by atoms with E-state index in [1.807, 2.05) is 0 Å². The lowest BCUT2D eigenvalue weighted by molar-refractivity contribution is 0.275. The Bertz CT molecular complexity index is 328. The van der Waals surface area contributed by atoms with Crippen LogP contribution in [0.25, 0.3) is 0 Å². The minimum absolute atomic E-state index is 0.233. The van der Waals surface area contributed by atoms with Crippen molar-refractivity contribution >= 4 is 5.82 Å². The van der Waals surface area contributed by atoms with Gasteiger partial charge in [-0.05, 0) is 6.07 Å². The molecular weight excluding hydrogens is 183 g/mol. The largest absolute Gasteiger partial charge is 0.392 e. The standard InChI is InChI=1S/C10H13FN2O/c1-3-6-13(2)10-9(11)8(7-14)4-5-12-10/h3-5,14H,1,6-7H2,2H3. The van der Waals surface area contributed by atoms with E-state index in [0.29, 0.717) is 6.54 Å². The Hall–Kier alpha value is -1.42. The van der Waals surface area contributed by atoms with Crippen molar-refractivity contribution in [2.24, 2.45) is 0 Å². The fourth-order valence-electron chi connectivity index (χ4n) is 1.14.